The first-order valence-electron chi connectivity index (χ1n) is 39.5. The molecule has 604 valence electrons. The molecule has 1 saturated heterocycles. The molecule has 0 N–H and O–H groups in total. The summed E-state index contributed by atoms with van der Waals surface area (Å²) >= 11 is 15.5. The number of aryl methyl sites for hydroxylation is 2. The van der Waals surface area contributed by atoms with Crippen molar-refractivity contribution in [2.75, 3.05) is 0 Å². The summed E-state index contributed by atoms with van der Waals surface area (Å²) in [5.41, 5.74) is 4.31. The van der Waals surface area contributed by atoms with Crippen molar-refractivity contribution in [3.05, 3.63) is 464 Å². The summed E-state index contributed by atoms with van der Waals surface area (Å²) in [5, 5.41) is 28.4. The molecule has 0 spiro atoms. The summed E-state index contributed by atoms with van der Waals surface area (Å²) in [7, 11) is 1.64. The maximum Gasteiger partial charge on any atom is 0.498 e. The van der Waals surface area contributed by atoms with Crippen LogP contribution in [0.25, 0.3) is 32.9 Å². The van der Waals surface area contributed by atoms with E-state index in [1.807, 2.05) is 112 Å². The molecule has 0 atom stereocenters. The van der Waals surface area contributed by atoms with E-state index in [0.717, 1.165) is 37.5 Å². The number of hydrogen-bond donors (Lipinski definition) is 0. The Morgan fingerprint density at radius 3 is 0.793 bits per heavy atom. The second kappa shape index (κ2) is 45.6. The molecule has 4 aromatic heterocycles. The van der Waals surface area contributed by atoms with Gasteiger partial charge in [-0.25, -0.2) is 9.97 Å². The van der Waals surface area contributed by atoms with Crippen LogP contribution < -0.4 is 69.1 Å². The normalized spacial score (nSPS) is 12.1. The maximum atomic E-state index is 6.09. The number of fused-ring (bicyclic) bond motifs is 2. The predicted molar refractivity (Wildman–Crippen MR) is 523 cm³/mol. The van der Waals surface area contributed by atoms with Crippen LogP contribution in [0.1, 0.15) is 27.7 Å². The molecule has 0 unspecified atom stereocenters. The molecule has 19 rings (SSSR count). The fraction of sp³-hybridized carbons (Fsp3) is 0.0769. The Morgan fingerprint density at radius 2 is 0.537 bits per heavy atom. The molecule has 1 aliphatic heterocycles. The number of rotatable bonds is 14. The van der Waals surface area contributed by atoms with Crippen molar-refractivity contribution in [3.8, 4) is 11.1 Å². The monoisotopic (exact) mass is 1850 g/mol. The molecular formula is C104H92BBrCl2N6O2P4Pd. The molecule has 14 aromatic carbocycles. The standard InChI is InChI=1S/4C18H15P.C13H10ClN3.C11H15BClNO2.C8H7BrN2.Pd/c4*1-4-10-16(11-5-1)19(17-12-6-2-7-13-17)18-14-8-3-9-15-18;1-17-12-7-9(4-5-10(12)8-16-17)11-3-2-6-15-13(11)14;1-10(2)11(3,4)16-12(15-10)8-6-5-7-14-9(8)13;1-11-8-4-7(9)3-2-6(8)5-10-11;/h4*1-15H;2-8H,1H3;5-7H,1-4H3;2-5H,1H3;. The van der Waals surface area contributed by atoms with Gasteiger partial charge in [-0.15, -0.1) is 0 Å². The number of pyridine rings is 2. The molecule has 0 amide bonds. The van der Waals surface area contributed by atoms with Gasteiger partial charge in [0.2, 0.25) is 0 Å². The van der Waals surface area contributed by atoms with E-state index in [4.69, 9.17) is 32.5 Å². The van der Waals surface area contributed by atoms with E-state index < -0.39 is 38.8 Å². The molecule has 1 aliphatic rings. The second-order valence-corrected chi connectivity index (χ2v) is 39.2. The summed E-state index contributed by atoms with van der Waals surface area (Å²) in [6.07, 6.45) is 7.05. The van der Waals surface area contributed by atoms with E-state index in [2.05, 4.69) is 412 Å². The van der Waals surface area contributed by atoms with E-state index in [9.17, 15) is 0 Å². The molecule has 1 fully saturated rings. The quantitative estimate of drug-likeness (QED) is 0.0613. The minimum Gasteiger partial charge on any atom is -0.399 e. The molecular weight excluding hydrogens is 1760 g/mol. The summed E-state index contributed by atoms with van der Waals surface area (Å²) < 4.78 is 16.6. The minimum atomic E-state index is -0.446. The zero-order valence-electron chi connectivity index (χ0n) is 68.0. The number of halogens is 3. The van der Waals surface area contributed by atoms with Crippen LogP contribution in [-0.2, 0) is 43.8 Å². The number of benzene rings is 14. The average Bonchev–Trinajstić information content (AvgIpc) is 1.61. The first-order valence-corrected chi connectivity index (χ1v) is 46.4. The summed E-state index contributed by atoms with van der Waals surface area (Å²) in [6.45, 7) is 8.04. The van der Waals surface area contributed by atoms with Gasteiger partial charge in [0, 0.05) is 73.2 Å². The zero-order valence-corrected chi connectivity index (χ0v) is 76.3. The number of aromatic nitrogens is 6. The van der Waals surface area contributed by atoms with E-state index in [-0.39, 0.29) is 31.6 Å². The van der Waals surface area contributed by atoms with Crippen LogP contribution in [0.3, 0.4) is 0 Å². The maximum absolute atomic E-state index is 6.09. The minimum absolute atomic E-state index is 0. The van der Waals surface area contributed by atoms with Gasteiger partial charge >= 0.3 is 7.12 Å². The van der Waals surface area contributed by atoms with Crippen molar-refractivity contribution in [2.24, 2.45) is 14.1 Å². The Bertz CT molecular complexity index is 5220. The summed E-state index contributed by atoms with van der Waals surface area (Å²) in [6, 6.07) is 149. The molecule has 5 heterocycles. The molecule has 0 saturated carbocycles. The van der Waals surface area contributed by atoms with E-state index in [1.54, 1.807) is 12.4 Å². The third-order valence-electron chi connectivity index (χ3n) is 20.0. The Kier molecular flexibility index (Phi) is 33.9. The van der Waals surface area contributed by atoms with Crippen LogP contribution >= 0.6 is 70.8 Å². The van der Waals surface area contributed by atoms with Gasteiger partial charge in [-0.3, -0.25) is 9.36 Å². The summed E-state index contributed by atoms with van der Waals surface area (Å²) in [5.74, 6) is 0. The van der Waals surface area contributed by atoms with Gasteiger partial charge in [0.1, 0.15) is 10.3 Å². The topological polar surface area (TPSA) is 79.9 Å². The number of nitrogens with zero attached hydrogens (tertiary/aromatic N) is 6. The smallest absolute Gasteiger partial charge is 0.399 e. The molecule has 18 aromatic rings. The van der Waals surface area contributed by atoms with Crippen LogP contribution in [0.5, 0.6) is 0 Å². The largest absolute Gasteiger partial charge is 0.498 e. The van der Waals surface area contributed by atoms with Gasteiger partial charge in [-0.05, 0) is 165 Å². The number of hydrogen-bond acceptors (Lipinski definition) is 6. The summed E-state index contributed by atoms with van der Waals surface area (Å²) in [4.78, 5) is 8.11. The van der Waals surface area contributed by atoms with E-state index in [0.29, 0.717) is 10.3 Å². The van der Waals surface area contributed by atoms with Gasteiger partial charge in [0.05, 0.1) is 34.6 Å². The van der Waals surface area contributed by atoms with Gasteiger partial charge < -0.3 is 9.31 Å². The Hall–Kier alpha value is -10.3. The molecule has 121 heavy (non-hydrogen) atoms. The average molecular weight is 1850 g/mol. The van der Waals surface area contributed by atoms with E-state index in [1.165, 1.54) is 69.0 Å². The van der Waals surface area contributed by atoms with Crippen molar-refractivity contribution >= 4 is 169 Å². The third kappa shape index (κ3) is 24.8. The van der Waals surface area contributed by atoms with Crippen LogP contribution in [0, 0.1) is 0 Å². The van der Waals surface area contributed by atoms with Crippen molar-refractivity contribution < 1.29 is 29.7 Å². The fourth-order valence-corrected chi connectivity index (χ4v) is 23.3. The fourth-order valence-electron chi connectivity index (χ4n) is 13.3. The van der Waals surface area contributed by atoms with Gasteiger partial charge in [0.25, 0.3) is 0 Å². The molecule has 17 heteroatoms. The molecule has 8 nitrogen and oxygen atoms in total. The van der Waals surface area contributed by atoms with Gasteiger partial charge in [-0.1, -0.05) is 427 Å². The third-order valence-corrected chi connectivity index (χ3v) is 30.9. The SMILES string of the molecule is CC1(C)OB(c2cccnc2Cl)OC1(C)C.Cn1ncc2ccc(-c3cccnc3Cl)cc21.Cn1ncc2ccc(Br)cc21.[Pd].c1ccc(P(c2ccccc2)c2ccccc2)cc1.c1ccc(P(c2ccccc2)c2ccccc2)cc1.c1ccc(P(c2ccccc2)c2ccccc2)cc1.c1ccc(P(c2ccccc2)c2ccccc2)cc1. The zero-order chi connectivity index (χ0) is 83.3. The van der Waals surface area contributed by atoms with Crippen LogP contribution in [0.15, 0.2) is 454 Å². The Labute approximate surface area is 750 Å². The Morgan fingerprint density at radius 1 is 0.298 bits per heavy atom. The predicted octanol–water partition coefficient (Wildman–Crippen LogP) is 21.4. The second-order valence-electron chi connectivity index (χ2n) is 28.7. The van der Waals surface area contributed by atoms with Crippen LogP contribution in [0.2, 0.25) is 10.3 Å². The van der Waals surface area contributed by atoms with E-state index >= 15 is 0 Å². The molecule has 0 aliphatic carbocycles. The van der Waals surface area contributed by atoms with Gasteiger partial charge in [0.15, 0.2) is 0 Å². The first-order chi connectivity index (χ1) is 58.7. The first kappa shape index (κ1) is 90.0. The van der Waals surface area contributed by atoms with Crippen molar-refractivity contribution in [2.45, 2.75) is 38.9 Å². The van der Waals surface area contributed by atoms with Gasteiger partial charge in [-0.2, -0.15) is 10.2 Å². The Balaban J connectivity index is 0.000000130. The van der Waals surface area contributed by atoms with Crippen LogP contribution in [0.4, 0.5) is 0 Å². The van der Waals surface area contributed by atoms with Crippen molar-refractivity contribution in [1.82, 2.24) is 29.5 Å². The van der Waals surface area contributed by atoms with Crippen molar-refractivity contribution in [1.29, 1.82) is 0 Å². The van der Waals surface area contributed by atoms with Crippen molar-refractivity contribution in [3.63, 3.8) is 0 Å². The molecule has 0 radical (unpaired) electrons. The van der Waals surface area contributed by atoms with Crippen LogP contribution in [-0.4, -0.2) is 47.8 Å². The molecule has 0 bridgehead atoms.